The van der Waals surface area contributed by atoms with Gasteiger partial charge in [0.2, 0.25) is 0 Å². The Morgan fingerprint density at radius 3 is 1.95 bits per heavy atom. The van der Waals surface area contributed by atoms with Crippen molar-refractivity contribution in [2.75, 3.05) is 6.61 Å². The molecule has 1 aliphatic heterocycles. The van der Waals surface area contributed by atoms with Gasteiger partial charge in [0.1, 0.15) is 6.61 Å². The van der Waals surface area contributed by atoms with Crippen LogP contribution in [0.5, 0.6) is 0 Å². The molecule has 2 rings (SSSR count). The van der Waals surface area contributed by atoms with Crippen LogP contribution in [-0.4, -0.2) is 31.1 Å². The normalized spacial score (nSPS) is 20.4. The van der Waals surface area contributed by atoms with Crippen molar-refractivity contribution in [3.8, 4) is 0 Å². The predicted octanol–water partition coefficient (Wildman–Crippen LogP) is 3.06. The van der Waals surface area contributed by atoms with Crippen LogP contribution in [0, 0.1) is 0 Å². The quantitative estimate of drug-likeness (QED) is 0.799. The minimum atomic E-state index is -4.30. The van der Waals surface area contributed by atoms with E-state index in [2.05, 4.69) is 4.74 Å². The molecule has 0 spiro atoms. The van der Waals surface area contributed by atoms with Gasteiger partial charge in [-0.25, -0.2) is 0 Å². The van der Waals surface area contributed by atoms with Crippen LogP contribution >= 0.6 is 0 Å². The molecule has 0 aromatic heterocycles. The first-order valence-electron chi connectivity index (χ1n) is 7.09. The smallest absolute Gasteiger partial charge is 0.399 e. The maximum Gasteiger partial charge on any atom is 0.494 e. The molecule has 1 fully saturated rings. The summed E-state index contributed by atoms with van der Waals surface area (Å²) >= 11 is 0. The van der Waals surface area contributed by atoms with E-state index in [-0.39, 0.29) is 6.61 Å². The van der Waals surface area contributed by atoms with Gasteiger partial charge in [-0.2, -0.15) is 13.2 Å². The van der Waals surface area contributed by atoms with Crippen LogP contribution in [-0.2, 0) is 20.7 Å². The molecule has 1 aliphatic rings. The largest absolute Gasteiger partial charge is 0.494 e. The van der Waals surface area contributed by atoms with Crippen molar-refractivity contribution >= 4 is 12.6 Å². The van der Waals surface area contributed by atoms with E-state index in [1.165, 1.54) is 0 Å². The van der Waals surface area contributed by atoms with Gasteiger partial charge >= 0.3 is 13.3 Å². The molecule has 0 aliphatic carbocycles. The van der Waals surface area contributed by atoms with E-state index < -0.39 is 31.1 Å². The zero-order valence-corrected chi connectivity index (χ0v) is 13.2. The third kappa shape index (κ3) is 4.03. The average molecular weight is 316 g/mol. The highest BCUT2D eigenvalue weighted by Crippen LogP contribution is 2.36. The van der Waals surface area contributed by atoms with Crippen molar-refractivity contribution in [2.45, 2.75) is 51.7 Å². The van der Waals surface area contributed by atoms with E-state index in [9.17, 15) is 13.2 Å². The van der Waals surface area contributed by atoms with Crippen molar-refractivity contribution in [2.24, 2.45) is 0 Å². The van der Waals surface area contributed by atoms with E-state index in [0.717, 1.165) is 5.46 Å². The zero-order valence-electron chi connectivity index (χ0n) is 13.2. The first-order chi connectivity index (χ1) is 10.0. The lowest BCUT2D eigenvalue weighted by atomic mass is 9.79. The Labute approximate surface area is 128 Å². The molecule has 0 atom stereocenters. The number of alkyl halides is 3. The number of rotatable bonds is 4. The molecule has 0 N–H and O–H groups in total. The summed E-state index contributed by atoms with van der Waals surface area (Å²) in [5, 5.41) is 0. The molecular weight excluding hydrogens is 296 g/mol. The highest BCUT2D eigenvalue weighted by molar-refractivity contribution is 6.62. The number of hydrogen-bond acceptors (Lipinski definition) is 3. The third-order valence-corrected chi connectivity index (χ3v) is 4.04. The predicted molar refractivity (Wildman–Crippen MR) is 77.9 cm³/mol. The Balaban J connectivity index is 1.96. The molecule has 122 valence electrons. The Morgan fingerprint density at radius 2 is 1.50 bits per heavy atom. The first kappa shape index (κ1) is 17.3. The lowest BCUT2D eigenvalue weighted by Crippen LogP contribution is -2.41. The lowest BCUT2D eigenvalue weighted by Gasteiger charge is -2.32. The van der Waals surface area contributed by atoms with E-state index in [1.54, 1.807) is 24.3 Å². The van der Waals surface area contributed by atoms with Gasteiger partial charge in [-0.3, -0.25) is 0 Å². The van der Waals surface area contributed by atoms with Crippen LogP contribution in [0.1, 0.15) is 33.3 Å². The second kappa shape index (κ2) is 5.87. The Kier molecular flexibility index (Phi) is 4.62. The fourth-order valence-electron chi connectivity index (χ4n) is 2.03. The fourth-order valence-corrected chi connectivity index (χ4v) is 2.03. The summed E-state index contributed by atoms with van der Waals surface area (Å²) in [6.07, 6.45) is -4.30. The highest BCUT2D eigenvalue weighted by Gasteiger charge is 2.51. The molecule has 22 heavy (non-hydrogen) atoms. The first-order valence-corrected chi connectivity index (χ1v) is 7.09. The number of ether oxygens (including phenoxy) is 1. The van der Waals surface area contributed by atoms with E-state index in [1.807, 2.05) is 27.7 Å². The molecule has 0 radical (unpaired) electrons. The van der Waals surface area contributed by atoms with Gasteiger partial charge in [-0.1, -0.05) is 24.3 Å². The lowest BCUT2D eigenvalue weighted by molar-refractivity contribution is -0.176. The highest BCUT2D eigenvalue weighted by atomic mass is 19.4. The zero-order chi connectivity index (χ0) is 16.6. The summed E-state index contributed by atoms with van der Waals surface area (Å²) in [4.78, 5) is 0. The molecule has 1 aromatic carbocycles. The SMILES string of the molecule is CC1(C)OB(c2ccc(COCC(F)(F)F)cc2)OC1(C)C. The molecule has 0 unspecified atom stereocenters. The van der Waals surface area contributed by atoms with Crippen LogP contribution in [0.3, 0.4) is 0 Å². The number of halogens is 3. The molecule has 1 aromatic rings. The summed E-state index contributed by atoms with van der Waals surface area (Å²) < 4.78 is 52.5. The van der Waals surface area contributed by atoms with Crippen LogP contribution in [0.4, 0.5) is 13.2 Å². The van der Waals surface area contributed by atoms with Gasteiger partial charge in [-0.15, -0.1) is 0 Å². The van der Waals surface area contributed by atoms with E-state index in [4.69, 9.17) is 9.31 Å². The van der Waals surface area contributed by atoms with Crippen molar-refractivity contribution in [1.82, 2.24) is 0 Å². The van der Waals surface area contributed by atoms with Crippen LogP contribution < -0.4 is 5.46 Å². The van der Waals surface area contributed by atoms with Crippen LogP contribution in [0.25, 0.3) is 0 Å². The summed E-state index contributed by atoms with van der Waals surface area (Å²) in [5.74, 6) is 0. The monoisotopic (exact) mass is 316 g/mol. The Bertz CT molecular complexity index is 496. The molecule has 7 heteroatoms. The summed E-state index contributed by atoms with van der Waals surface area (Å²) in [5.41, 5.74) is 0.654. The molecule has 0 saturated carbocycles. The van der Waals surface area contributed by atoms with Crippen LogP contribution in [0.15, 0.2) is 24.3 Å². The van der Waals surface area contributed by atoms with Gasteiger partial charge in [0, 0.05) is 0 Å². The minimum absolute atomic E-state index is 0.0802. The van der Waals surface area contributed by atoms with Gasteiger partial charge in [0.25, 0.3) is 0 Å². The molecule has 1 heterocycles. The molecule has 0 bridgehead atoms. The average Bonchev–Trinajstić information content (AvgIpc) is 2.58. The van der Waals surface area contributed by atoms with Gasteiger partial charge in [-0.05, 0) is 38.7 Å². The van der Waals surface area contributed by atoms with Crippen molar-refractivity contribution in [3.05, 3.63) is 29.8 Å². The summed E-state index contributed by atoms with van der Waals surface area (Å²) in [6.45, 7) is 6.53. The fraction of sp³-hybridized carbons (Fsp3) is 0.600. The molecule has 0 amide bonds. The maximum atomic E-state index is 12.0. The molecular formula is C15H20BF3O3. The van der Waals surface area contributed by atoms with Gasteiger partial charge in [0.05, 0.1) is 17.8 Å². The van der Waals surface area contributed by atoms with Crippen molar-refractivity contribution < 1.29 is 27.2 Å². The summed E-state index contributed by atoms with van der Waals surface area (Å²) in [7, 11) is -0.477. The summed E-state index contributed by atoms with van der Waals surface area (Å²) in [6, 6.07) is 7.01. The van der Waals surface area contributed by atoms with Gasteiger partial charge in [0.15, 0.2) is 0 Å². The Hall–Kier alpha value is -1.05. The minimum Gasteiger partial charge on any atom is -0.399 e. The third-order valence-electron chi connectivity index (χ3n) is 4.04. The standard InChI is InChI=1S/C15H20BF3O3/c1-13(2)14(3,4)22-16(21-13)12-7-5-11(6-8-12)9-20-10-15(17,18)19/h5-8H,9-10H2,1-4H3. The number of benzene rings is 1. The van der Waals surface area contributed by atoms with Crippen molar-refractivity contribution in [1.29, 1.82) is 0 Å². The Morgan fingerprint density at radius 1 is 1.00 bits per heavy atom. The second-order valence-electron chi connectivity index (χ2n) is 6.44. The van der Waals surface area contributed by atoms with E-state index in [0.29, 0.717) is 5.56 Å². The maximum absolute atomic E-state index is 12.0. The molecule has 1 saturated heterocycles. The second-order valence-corrected chi connectivity index (χ2v) is 6.44. The van der Waals surface area contributed by atoms with Gasteiger partial charge < -0.3 is 14.0 Å². The van der Waals surface area contributed by atoms with E-state index >= 15 is 0 Å². The molecule has 3 nitrogen and oxygen atoms in total. The number of hydrogen-bond donors (Lipinski definition) is 0. The van der Waals surface area contributed by atoms with Crippen LogP contribution in [0.2, 0.25) is 0 Å². The topological polar surface area (TPSA) is 27.7 Å². The van der Waals surface area contributed by atoms with Crippen molar-refractivity contribution in [3.63, 3.8) is 0 Å².